The van der Waals surface area contributed by atoms with Gasteiger partial charge in [0.05, 0.1) is 29.1 Å². The summed E-state index contributed by atoms with van der Waals surface area (Å²) in [7, 11) is 0. The second-order valence-electron chi connectivity index (χ2n) is 5.27. The van der Waals surface area contributed by atoms with Crippen LogP contribution in [0.2, 0.25) is 5.02 Å². The normalized spacial score (nSPS) is 17.8. The lowest BCUT2D eigenvalue weighted by Gasteiger charge is -2.37. The molecular weight excluding hydrogens is 290 g/mol. The number of aliphatic hydroxyl groups is 2. The third-order valence-electron chi connectivity index (χ3n) is 3.86. The fraction of sp³-hybridized carbons (Fsp3) is 0.600. The Morgan fingerprint density at radius 2 is 2.00 bits per heavy atom. The minimum absolute atomic E-state index is 0.252. The van der Waals surface area contributed by atoms with Gasteiger partial charge in [0.25, 0.3) is 0 Å². The van der Waals surface area contributed by atoms with Gasteiger partial charge in [-0.2, -0.15) is 0 Å². The van der Waals surface area contributed by atoms with Crippen LogP contribution in [0.4, 0.5) is 11.4 Å². The first-order valence-corrected chi connectivity index (χ1v) is 7.82. The van der Waals surface area contributed by atoms with Crippen molar-refractivity contribution in [2.45, 2.75) is 13.0 Å². The summed E-state index contributed by atoms with van der Waals surface area (Å²) in [6.45, 7) is 7.24. The van der Waals surface area contributed by atoms with Crippen molar-refractivity contribution >= 4 is 23.0 Å². The van der Waals surface area contributed by atoms with Crippen LogP contribution in [0.1, 0.15) is 6.92 Å². The number of nitrogens with one attached hydrogen (secondary N) is 1. The van der Waals surface area contributed by atoms with Crippen molar-refractivity contribution in [2.24, 2.45) is 0 Å². The SMILES string of the molecule is CCN1CCN(c2c(Cl)cccc2NCC(O)CO)CC1. The van der Waals surface area contributed by atoms with Crippen LogP contribution in [0.3, 0.4) is 0 Å². The summed E-state index contributed by atoms with van der Waals surface area (Å²) in [6.07, 6.45) is -0.770. The van der Waals surface area contributed by atoms with Gasteiger partial charge in [-0.25, -0.2) is 0 Å². The van der Waals surface area contributed by atoms with E-state index in [4.69, 9.17) is 16.7 Å². The molecular formula is C15H24ClN3O2. The van der Waals surface area contributed by atoms with Gasteiger partial charge in [-0.05, 0) is 18.7 Å². The number of anilines is 2. The van der Waals surface area contributed by atoms with E-state index in [2.05, 4.69) is 22.0 Å². The van der Waals surface area contributed by atoms with Gasteiger partial charge in [-0.15, -0.1) is 0 Å². The summed E-state index contributed by atoms with van der Waals surface area (Å²) in [4.78, 5) is 4.69. The van der Waals surface area contributed by atoms with Crippen LogP contribution >= 0.6 is 11.6 Å². The van der Waals surface area contributed by atoms with Gasteiger partial charge in [0, 0.05) is 32.7 Å². The van der Waals surface area contributed by atoms with Crippen molar-refractivity contribution in [3.05, 3.63) is 23.2 Å². The number of hydrogen-bond acceptors (Lipinski definition) is 5. The summed E-state index contributed by atoms with van der Waals surface area (Å²) < 4.78 is 0. The molecule has 2 rings (SSSR count). The maximum Gasteiger partial charge on any atom is 0.0942 e. The van der Waals surface area contributed by atoms with Crippen molar-refractivity contribution in [1.82, 2.24) is 4.90 Å². The van der Waals surface area contributed by atoms with Crippen LogP contribution in [0.5, 0.6) is 0 Å². The molecule has 6 heteroatoms. The van der Waals surface area contributed by atoms with E-state index in [1.54, 1.807) is 0 Å². The van der Waals surface area contributed by atoms with E-state index in [0.29, 0.717) is 11.6 Å². The Morgan fingerprint density at radius 1 is 1.29 bits per heavy atom. The minimum atomic E-state index is -0.770. The molecule has 5 nitrogen and oxygen atoms in total. The van der Waals surface area contributed by atoms with Gasteiger partial charge >= 0.3 is 0 Å². The zero-order chi connectivity index (χ0) is 15.2. The largest absolute Gasteiger partial charge is 0.394 e. The molecule has 1 unspecified atom stereocenters. The highest BCUT2D eigenvalue weighted by atomic mass is 35.5. The molecule has 1 heterocycles. The molecule has 1 saturated heterocycles. The number of halogens is 1. The first-order chi connectivity index (χ1) is 10.2. The summed E-state index contributed by atoms with van der Waals surface area (Å²) >= 11 is 6.38. The Morgan fingerprint density at radius 3 is 2.62 bits per heavy atom. The number of piperazine rings is 1. The molecule has 0 amide bonds. The predicted octanol–water partition coefficient (Wildman–Crippen LogP) is 1.25. The minimum Gasteiger partial charge on any atom is -0.394 e. The van der Waals surface area contributed by atoms with Gasteiger partial charge in [-0.3, -0.25) is 0 Å². The number of likely N-dealkylation sites (N-methyl/N-ethyl adjacent to an activating group) is 1. The highest BCUT2D eigenvalue weighted by Gasteiger charge is 2.20. The molecule has 0 spiro atoms. The van der Waals surface area contributed by atoms with Gasteiger partial charge in [0.15, 0.2) is 0 Å². The highest BCUT2D eigenvalue weighted by Crippen LogP contribution is 2.34. The quantitative estimate of drug-likeness (QED) is 0.738. The van der Waals surface area contributed by atoms with Crippen molar-refractivity contribution in [3.8, 4) is 0 Å². The van der Waals surface area contributed by atoms with Crippen molar-refractivity contribution in [2.75, 3.05) is 56.1 Å². The summed E-state index contributed by atoms with van der Waals surface area (Å²) in [5.74, 6) is 0. The standard InChI is InChI=1S/C15H24ClN3O2/c1-2-18-6-8-19(9-7-18)15-13(16)4-3-5-14(15)17-10-12(21)11-20/h3-5,12,17,20-21H,2,6-11H2,1H3. The van der Waals surface area contributed by atoms with Crippen LogP contribution in [0.15, 0.2) is 18.2 Å². The Balaban J connectivity index is 2.10. The molecule has 1 atom stereocenters. The van der Waals surface area contributed by atoms with E-state index in [1.807, 2.05) is 18.2 Å². The first-order valence-electron chi connectivity index (χ1n) is 7.44. The van der Waals surface area contributed by atoms with Crippen molar-refractivity contribution in [1.29, 1.82) is 0 Å². The van der Waals surface area contributed by atoms with Crippen molar-refractivity contribution in [3.63, 3.8) is 0 Å². The number of aliphatic hydroxyl groups excluding tert-OH is 2. The van der Waals surface area contributed by atoms with Crippen LogP contribution < -0.4 is 10.2 Å². The van der Waals surface area contributed by atoms with E-state index >= 15 is 0 Å². The monoisotopic (exact) mass is 313 g/mol. The highest BCUT2D eigenvalue weighted by molar-refractivity contribution is 6.34. The van der Waals surface area contributed by atoms with E-state index in [9.17, 15) is 5.11 Å². The average Bonchev–Trinajstić information content (AvgIpc) is 2.52. The molecule has 0 saturated carbocycles. The lowest BCUT2D eigenvalue weighted by atomic mass is 10.2. The number of para-hydroxylation sites is 1. The molecule has 1 aliphatic heterocycles. The molecule has 1 fully saturated rings. The van der Waals surface area contributed by atoms with Gasteiger partial charge < -0.3 is 25.3 Å². The Bertz CT molecular complexity index is 451. The topological polar surface area (TPSA) is 59.0 Å². The summed E-state index contributed by atoms with van der Waals surface area (Å²) in [6, 6.07) is 5.73. The molecule has 1 aromatic rings. The molecule has 1 aliphatic rings. The van der Waals surface area contributed by atoms with Crippen LogP contribution in [-0.2, 0) is 0 Å². The van der Waals surface area contributed by atoms with E-state index in [0.717, 1.165) is 44.1 Å². The fourth-order valence-electron chi connectivity index (χ4n) is 2.56. The summed E-state index contributed by atoms with van der Waals surface area (Å²) in [5, 5.41) is 22.3. The van der Waals surface area contributed by atoms with Gasteiger partial charge in [-0.1, -0.05) is 24.6 Å². The molecule has 21 heavy (non-hydrogen) atoms. The van der Waals surface area contributed by atoms with E-state index in [1.165, 1.54) is 0 Å². The van der Waals surface area contributed by atoms with Crippen LogP contribution in [0, 0.1) is 0 Å². The fourth-order valence-corrected chi connectivity index (χ4v) is 2.85. The second-order valence-corrected chi connectivity index (χ2v) is 5.68. The molecule has 118 valence electrons. The van der Waals surface area contributed by atoms with Gasteiger partial charge in [0.2, 0.25) is 0 Å². The molecule has 0 aromatic heterocycles. The molecule has 0 radical (unpaired) electrons. The third-order valence-corrected chi connectivity index (χ3v) is 4.17. The zero-order valence-corrected chi connectivity index (χ0v) is 13.2. The van der Waals surface area contributed by atoms with Gasteiger partial charge in [0.1, 0.15) is 0 Å². The number of nitrogens with zero attached hydrogens (tertiary/aromatic N) is 2. The number of rotatable bonds is 6. The molecule has 0 aliphatic carbocycles. The summed E-state index contributed by atoms with van der Waals surface area (Å²) in [5.41, 5.74) is 1.89. The molecule has 1 aromatic carbocycles. The lowest BCUT2D eigenvalue weighted by molar-refractivity contribution is 0.105. The lowest BCUT2D eigenvalue weighted by Crippen LogP contribution is -2.46. The average molecular weight is 314 g/mol. The molecule has 0 bridgehead atoms. The Hall–Kier alpha value is -1.01. The Kier molecular flexibility index (Phi) is 6.11. The maximum atomic E-state index is 9.49. The number of hydrogen-bond donors (Lipinski definition) is 3. The third kappa shape index (κ3) is 4.23. The zero-order valence-electron chi connectivity index (χ0n) is 12.4. The first kappa shape index (κ1) is 16.4. The number of benzene rings is 1. The smallest absolute Gasteiger partial charge is 0.0942 e. The van der Waals surface area contributed by atoms with Crippen LogP contribution in [0.25, 0.3) is 0 Å². The predicted molar refractivity (Wildman–Crippen MR) is 87.4 cm³/mol. The second kappa shape index (κ2) is 7.84. The molecule has 3 N–H and O–H groups in total. The maximum absolute atomic E-state index is 9.49. The van der Waals surface area contributed by atoms with Crippen molar-refractivity contribution < 1.29 is 10.2 Å². The Labute approximate surface area is 131 Å². The van der Waals surface area contributed by atoms with E-state index in [-0.39, 0.29) is 6.61 Å². The van der Waals surface area contributed by atoms with E-state index < -0.39 is 6.10 Å². The van der Waals surface area contributed by atoms with Crippen LogP contribution in [-0.4, -0.2) is 67.1 Å².